The van der Waals surface area contributed by atoms with E-state index in [4.69, 9.17) is 9.15 Å². The highest BCUT2D eigenvalue weighted by molar-refractivity contribution is 5.92. The Morgan fingerprint density at radius 1 is 0.976 bits per heavy atom. The van der Waals surface area contributed by atoms with Crippen molar-refractivity contribution in [3.63, 3.8) is 0 Å². The van der Waals surface area contributed by atoms with Crippen LogP contribution in [0.3, 0.4) is 0 Å². The first-order valence-electron chi connectivity index (χ1n) is 14.0. The van der Waals surface area contributed by atoms with Gasteiger partial charge in [0.15, 0.2) is 11.5 Å². The molecule has 0 radical (unpaired) electrons. The van der Waals surface area contributed by atoms with Gasteiger partial charge in [0.2, 0.25) is 5.91 Å². The summed E-state index contributed by atoms with van der Waals surface area (Å²) in [6.07, 6.45) is 3.25. The average Bonchev–Trinajstić information content (AvgIpc) is 3.53. The van der Waals surface area contributed by atoms with Gasteiger partial charge in [0.1, 0.15) is 18.2 Å². The fourth-order valence-electron chi connectivity index (χ4n) is 5.25. The first kappa shape index (κ1) is 27.9. The Balaban J connectivity index is 1.28. The fraction of sp³-hybridized carbons (Fsp3) is 0.312. The van der Waals surface area contributed by atoms with E-state index in [1.165, 1.54) is 18.2 Å². The Morgan fingerprint density at radius 2 is 1.68 bits per heavy atom. The lowest BCUT2D eigenvalue weighted by molar-refractivity contribution is -0.123. The molecular formula is C32H33N3O6. The second kappa shape index (κ2) is 12.7. The van der Waals surface area contributed by atoms with E-state index in [9.17, 15) is 19.5 Å². The van der Waals surface area contributed by atoms with E-state index < -0.39 is 18.1 Å². The first-order chi connectivity index (χ1) is 19.9. The van der Waals surface area contributed by atoms with E-state index >= 15 is 0 Å². The predicted octanol–water partition coefficient (Wildman–Crippen LogP) is 5.67. The maximum absolute atomic E-state index is 13.1. The molecule has 1 unspecified atom stereocenters. The topological polar surface area (TPSA) is 131 Å². The van der Waals surface area contributed by atoms with Crippen LogP contribution in [0.1, 0.15) is 65.9 Å². The summed E-state index contributed by atoms with van der Waals surface area (Å²) >= 11 is 0. The number of ether oxygens (including phenoxy) is 1. The molecule has 1 atom stereocenters. The predicted molar refractivity (Wildman–Crippen MR) is 154 cm³/mol. The van der Waals surface area contributed by atoms with Crippen LogP contribution in [-0.2, 0) is 16.0 Å². The summed E-state index contributed by atoms with van der Waals surface area (Å²) in [4.78, 5) is 41.8. The Morgan fingerprint density at radius 3 is 2.37 bits per heavy atom. The highest BCUT2D eigenvalue weighted by atomic mass is 16.5. The number of carboxylic acids is 1. The summed E-state index contributed by atoms with van der Waals surface area (Å²) in [6.45, 7) is 2.72. The number of aromatic nitrogens is 1. The molecule has 2 amide bonds. The molecule has 3 N–H and O–H groups in total. The van der Waals surface area contributed by atoms with Gasteiger partial charge < -0.3 is 24.9 Å². The van der Waals surface area contributed by atoms with Gasteiger partial charge in [0, 0.05) is 12.5 Å². The van der Waals surface area contributed by atoms with Gasteiger partial charge in [-0.3, -0.25) is 4.79 Å². The summed E-state index contributed by atoms with van der Waals surface area (Å²) in [7, 11) is 0. The van der Waals surface area contributed by atoms with Crippen LogP contribution in [0.2, 0.25) is 0 Å². The number of benzene rings is 3. The highest BCUT2D eigenvalue weighted by Crippen LogP contribution is 2.44. The van der Waals surface area contributed by atoms with Crippen molar-refractivity contribution in [1.29, 1.82) is 0 Å². The molecule has 212 valence electrons. The number of unbranched alkanes of at least 4 members (excludes halogenated alkanes) is 3. The Labute approximate surface area is 237 Å². The number of amides is 2. The zero-order valence-electron chi connectivity index (χ0n) is 22.9. The van der Waals surface area contributed by atoms with Gasteiger partial charge in [-0.15, -0.1) is 0 Å². The maximum atomic E-state index is 13.1. The summed E-state index contributed by atoms with van der Waals surface area (Å²) in [5.74, 6) is -1.36. The fourth-order valence-corrected chi connectivity index (χ4v) is 5.25. The number of hydrogen-bond donors (Lipinski definition) is 3. The van der Waals surface area contributed by atoms with Crippen molar-refractivity contribution in [2.45, 2.75) is 51.0 Å². The molecule has 0 saturated carbocycles. The molecule has 1 aliphatic rings. The van der Waals surface area contributed by atoms with Gasteiger partial charge >= 0.3 is 12.1 Å². The van der Waals surface area contributed by atoms with Gasteiger partial charge in [-0.05, 0) is 46.9 Å². The zero-order chi connectivity index (χ0) is 28.8. The lowest BCUT2D eigenvalue weighted by atomic mass is 9.98. The minimum atomic E-state index is -1.08. The molecule has 5 rings (SSSR count). The van der Waals surface area contributed by atoms with Crippen LogP contribution >= 0.6 is 0 Å². The van der Waals surface area contributed by atoms with E-state index in [-0.39, 0.29) is 36.3 Å². The molecule has 1 aliphatic carbocycles. The summed E-state index contributed by atoms with van der Waals surface area (Å²) in [5.41, 5.74) is 5.27. The number of nitrogens with one attached hydrogen (secondary N) is 2. The van der Waals surface area contributed by atoms with Crippen LogP contribution in [0.4, 0.5) is 4.79 Å². The summed E-state index contributed by atoms with van der Waals surface area (Å²) in [6, 6.07) is 19.5. The number of oxazole rings is 1. The maximum Gasteiger partial charge on any atom is 0.407 e. The van der Waals surface area contributed by atoms with Crippen LogP contribution in [0.15, 0.2) is 71.1 Å². The lowest BCUT2D eigenvalue weighted by Gasteiger charge is -2.19. The van der Waals surface area contributed by atoms with Crippen LogP contribution in [-0.4, -0.2) is 47.3 Å². The van der Waals surface area contributed by atoms with Crippen molar-refractivity contribution in [3.05, 3.63) is 89.3 Å². The van der Waals surface area contributed by atoms with E-state index in [1.807, 2.05) is 36.4 Å². The van der Waals surface area contributed by atoms with Crippen LogP contribution in [0, 0.1) is 0 Å². The van der Waals surface area contributed by atoms with E-state index in [1.54, 1.807) is 0 Å². The third kappa shape index (κ3) is 6.40. The number of carbonyl (C=O) groups excluding carboxylic acids is 2. The molecule has 1 aromatic heterocycles. The molecule has 3 aromatic carbocycles. The Hall–Kier alpha value is -4.66. The van der Waals surface area contributed by atoms with Crippen LogP contribution < -0.4 is 10.6 Å². The number of hydrogen-bond acceptors (Lipinski definition) is 6. The van der Waals surface area contributed by atoms with Crippen molar-refractivity contribution >= 4 is 29.1 Å². The molecular weight excluding hydrogens is 522 g/mol. The lowest BCUT2D eigenvalue weighted by Crippen LogP contribution is -2.48. The van der Waals surface area contributed by atoms with Crippen molar-refractivity contribution < 1.29 is 28.6 Å². The summed E-state index contributed by atoms with van der Waals surface area (Å²) in [5, 5.41) is 14.9. The number of carboxylic acid groups (broad SMARTS) is 1. The first-order valence-corrected chi connectivity index (χ1v) is 14.0. The van der Waals surface area contributed by atoms with Gasteiger partial charge in [-0.25, -0.2) is 14.6 Å². The van der Waals surface area contributed by atoms with Gasteiger partial charge in [0.05, 0.1) is 12.0 Å². The smallest absolute Gasteiger partial charge is 0.407 e. The Kier molecular flexibility index (Phi) is 8.62. The van der Waals surface area contributed by atoms with Crippen molar-refractivity contribution in [1.82, 2.24) is 15.6 Å². The largest absolute Gasteiger partial charge is 0.478 e. The van der Waals surface area contributed by atoms with Gasteiger partial charge in [-0.1, -0.05) is 74.7 Å². The third-order valence-corrected chi connectivity index (χ3v) is 7.34. The standard InChI is InChI=1S/C32H33N3O6/c1-2-3-4-9-16-33-30(36)27(18-29-34-26-17-20(31(37)38)14-15-28(26)41-29)35-32(39)40-19-25-23-12-7-5-10-21(23)22-11-6-8-13-24(22)25/h5-8,10-15,17,25,27H,2-4,9,16,18-19H2,1H3,(H,33,36)(H,35,39)(H,37,38). The van der Waals surface area contributed by atoms with Gasteiger partial charge in [-0.2, -0.15) is 0 Å². The van der Waals surface area contributed by atoms with Crippen molar-refractivity contribution in [2.75, 3.05) is 13.2 Å². The molecule has 9 nitrogen and oxygen atoms in total. The Bertz CT molecular complexity index is 1520. The quantitative estimate of drug-likeness (QED) is 0.192. The third-order valence-electron chi connectivity index (χ3n) is 7.34. The normalized spacial score (nSPS) is 12.9. The van der Waals surface area contributed by atoms with Crippen LogP contribution in [0.5, 0.6) is 0 Å². The second-order valence-corrected chi connectivity index (χ2v) is 10.2. The number of alkyl carbamates (subject to hydrolysis) is 1. The van der Waals surface area contributed by atoms with E-state index in [0.29, 0.717) is 17.6 Å². The zero-order valence-corrected chi connectivity index (χ0v) is 22.9. The monoisotopic (exact) mass is 555 g/mol. The number of nitrogens with zero attached hydrogens (tertiary/aromatic N) is 1. The molecule has 0 spiro atoms. The molecule has 0 saturated heterocycles. The van der Waals surface area contributed by atoms with Crippen LogP contribution in [0.25, 0.3) is 22.2 Å². The molecule has 0 bridgehead atoms. The number of carbonyl (C=O) groups is 3. The molecule has 1 heterocycles. The molecule has 41 heavy (non-hydrogen) atoms. The molecule has 0 fully saturated rings. The minimum Gasteiger partial charge on any atom is -0.478 e. The number of rotatable bonds is 12. The number of fused-ring (bicyclic) bond motifs is 4. The van der Waals surface area contributed by atoms with Crippen molar-refractivity contribution in [2.24, 2.45) is 0 Å². The minimum absolute atomic E-state index is 0.0257. The number of aromatic carboxylic acids is 1. The van der Waals surface area contributed by atoms with E-state index in [2.05, 4.69) is 34.7 Å². The highest BCUT2D eigenvalue weighted by Gasteiger charge is 2.30. The van der Waals surface area contributed by atoms with E-state index in [0.717, 1.165) is 47.9 Å². The van der Waals surface area contributed by atoms with Crippen molar-refractivity contribution in [3.8, 4) is 11.1 Å². The molecule has 4 aromatic rings. The second-order valence-electron chi connectivity index (χ2n) is 10.2. The van der Waals surface area contributed by atoms with Gasteiger partial charge in [0.25, 0.3) is 0 Å². The summed E-state index contributed by atoms with van der Waals surface area (Å²) < 4.78 is 11.4. The molecule has 0 aliphatic heterocycles. The SMILES string of the molecule is CCCCCCNC(=O)C(Cc1nc2cc(C(=O)O)ccc2o1)NC(=O)OCC1c2ccccc2-c2ccccc21. The molecule has 9 heteroatoms. The average molecular weight is 556 g/mol.